The van der Waals surface area contributed by atoms with Crippen molar-refractivity contribution in [2.45, 2.75) is 17.7 Å². The van der Waals surface area contributed by atoms with Crippen LogP contribution in [0.4, 0.5) is 0 Å². The van der Waals surface area contributed by atoms with E-state index in [1.54, 1.807) is 0 Å². The molecule has 1 heterocycles. The molecule has 4 aromatic rings. The molecule has 0 atom stereocenters. The molecule has 3 aromatic carbocycles. The highest BCUT2D eigenvalue weighted by molar-refractivity contribution is 9.10. The number of hydrogen-bond donors (Lipinski definition) is 0. The smallest absolute Gasteiger partial charge is 0.341 e. The van der Waals surface area contributed by atoms with Gasteiger partial charge in [-0.05, 0) is 30.2 Å². The van der Waals surface area contributed by atoms with Crippen LogP contribution in [0.15, 0.2) is 94.4 Å². The Balaban J connectivity index is 1.86. The summed E-state index contributed by atoms with van der Waals surface area (Å²) in [5.74, 6) is 0.268. The van der Waals surface area contributed by atoms with Crippen molar-refractivity contribution in [3.05, 3.63) is 101 Å². The molecule has 1 aromatic heterocycles. The van der Waals surface area contributed by atoms with Crippen LogP contribution in [0.5, 0.6) is 0 Å². The van der Waals surface area contributed by atoms with E-state index in [1.165, 1.54) is 11.8 Å². The van der Waals surface area contributed by atoms with Crippen LogP contribution in [0.25, 0.3) is 22.4 Å². The van der Waals surface area contributed by atoms with Crippen molar-refractivity contribution in [3.63, 3.8) is 0 Å². The van der Waals surface area contributed by atoms with Crippen LogP contribution in [-0.2, 0) is 10.5 Å². The van der Waals surface area contributed by atoms with Crippen molar-refractivity contribution >= 4 is 33.7 Å². The molecular weight excluding hydrogens is 484 g/mol. The van der Waals surface area contributed by atoms with Crippen molar-refractivity contribution in [1.82, 2.24) is 10.2 Å². The first-order chi connectivity index (χ1) is 15.7. The first kappa shape index (κ1) is 22.2. The maximum absolute atomic E-state index is 13.2. The van der Waals surface area contributed by atoms with Crippen molar-refractivity contribution in [2.75, 3.05) is 6.61 Å². The van der Waals surface area contributed by atoms with Crippen LogP contribution >= 0.6 is 27.7 Å². The largest absolute Gasteiger partial charge is 0.462 e. The summed E-state index contributed by atoms with van der Waals surface area (Å²) in [6, 6.07) is 27.7. The Labute approximate surface area is 200 Å². The number of rotatable bonds is 7. The zero-order valence-electron chi connectivity index (χ0n) is 17.5. The molecule has 0 saturated carbocycles. The first-order valence-electron chi connectivity index (χ1n) is 10.2. The van der Waals surface area contributed by atoms with E-state index in [9.17, 15) is 4.79 Å². The Morgan fingerprint density at radius 3 is 2.12 bits per heavy atom. The van der Waals surface area contributed by atoms with Crippen molar-refractivity contribution in [2.24, 2.45) is 0 Å². The Hall–Kier alpha value is -2.96. The average molecular weight is 505 g/mol. The molecule has 0 radical (unpaired) electrons. The third-order valence-corrected chi connectivity index (χ3v) is 6.39. The molecule has 0 aliphatic heterocycles. The topological polar surface area (TPSA) is 52.1 Å². The third-order valence-electron chi connectivity index (χ3n) is 4.82. The SMILES string of the molecule is CCOC(=O)c1c(SCc2ccc(Br)cc2)nnc(-c2ccccc2)c1-c1ccccc1. The van der Waals surface area contributed by atoms with E-state index < -0.39 is 5.97 Å². The highest BCUT2D eigenvalue weighted by Crippen LogP contribution is 2.38. The number of benzene rings is 3. The summed E-state index contributed by atoms with van der Waals surface area (Å²) >= 11 is 4.95. The van der Waals surface area contributed by atoms with Gasteiger partial charge in [-0.25, -0.2) is 4.79 Å². The first-order valence-corrected chi connectivity index (χ1v) is 12.0. The van der Waals surface area contributed by atoms with Crippen LogP contribution in [0.1, 0.15) is 22.8 Å². The van der Waals surface area contributed by atoms with Crippen LogP contribution in [0.3, 0.4) is 0 Å². The maximum atomic E-state index is 13.2. The van der Waals surface area contributed by atoms with Crippen molar-refractivity contribution in [1.29, 1.82) is 0 Å². The molecule has 0 spiro atoms. The fraction of sp³-hybridized carbons (Fsp3) is 0.115. The molecule has 4 nitrogen and oxygen atoms in total. The molecule has 0 bridgehead atoms. The molecule has 0 unspecified atom stereocenters. The van der Waals surface area contributed by atoms with Gasteiger partial charge in [0.2, 0.25) is 0 Å². The average Bonchev–Trinajstić information content (AvgIpc) is 2.84. The summed E-state index contributed by atoms with van der Waals surface area (Å²) in [6.45, 7) is 2.09. The second kappa shape index (κ2) is 10.6. The Bertz CT molecular complexity index is 1200. The molecule has 0 saturated heterocycles. The highest BCUT2D eigenvalue weighted by Gasteiger charge is 2.25. The van der Waals surface area contributed by atoms with Gasteiger partial charge in [-0.15, -0.1) is 10.2 Å². The molecular formula is C26H21BrN2O2S. The molecule has 0 aliphatic carbocycles. The number of nitrogens with zero attached hydrogens (tertiary/aromatic N) is 2. The number of thioether (sulfide) groups is 1. The van der Waals surface area contributed by atoms with Gasteiger partial charge in [-0.3, -0.25) is 0 Å². The van der Waals surface area contributed by atoms with Gasteiger partial charge in [0.15, 0.2) is 0 Å². The second-order valence-electron chi connectivity index (χ2n) is 6.97. The second-order valence-corrected chi connectivity index (χ2v) is 8.85. The molecule has 32 heavy (non-hydrogen) atoms. The lowest BCUT2D eigenvalue weighted by Gasteiger charge is -2.16. The summed E-state index contributed by atoms with van der Waals surface area (Å²) in [4.78, 5) is 13.2. The lowest BCUT2D eigenvalue weighted by molar-refractivity contribution is 0.0522. The van der Waals surface area contributed by atoms with Gasteiger partial charge in [0.05, 0.1) is 6.61 Å². The van der Waals surface area contributed by atoms with Crippen molar-refractivity contribution < 1.29 is 9.53 Å². The summed E-state index contributed by atoms with van der Waals surface area (Å²) < 4.78 is 6.49. The van der Waals surface area contributed by atoms with Gasteiger partial charge in [0, 0.05) is 21.4 Å². The van der Waals surface area contributed by atoms with Crippen LogP contribution in [-0.4, -0.2) is 22.8 Å². The predicted molar refractivity (Wildman–Crippen MR) is 133 cm³/mol. The Kier molecular flexibility index (Phi) is 7.35. The summed E-state index contributed by atoms with van der Waals surface area (Å²) in [7, 11) is 0. The molecule has 0 fully saturated rings. The molecule has 0 N–H and O–H groups in total. The van der Waals surface area contributed by atoms with Crippen LogP contribution < -0.4 is 0 Å². The van der Waals surface area contributed by atoms with Gasteiger partial charge in [-0.1, -0.05) is 100 Å². The van der Waals surface area contributed by atoms with Crippen LogP contribution in [0.2, 0.25) is 0 Å². The molecule has 6 heteroatoms. The van der Waals surface area contributed by atoms with E-state index in [2.05, 4.69) is 26.1 Å². The fourth-order valence-corrected chi connectivity index (χ4v) is 4.52. The predicted octanol–water partition coefficient (Wildman–Crippen LogP) is 7.04. The molecule has 4 rings (SSSR count). The van der Waals surface area contributed by atoms with E-state index in [0.717, 1.165) is 26.7 Å². The zero-order valence-corrected chi connectivity index (χ0v) is 19.9. The number of carbonyl (C=O) groups is 1. The minimum absolute atomic E-state index is 0.285. The monoisotopic (exact) mass is 504 g/mol. The lowest BCUT2D eigenvalue weighted by Crippen LogP contribution is -2.12. The normalized spacial score (nSPS) is 10.7. The van der Waals surface area contributed by atoms with E-state index in [0.29, 0.717) is 22.0 Å². The van der Waals surface area contributed by atoms with Gasteiger partial charge >= 0.3 is 5.97 Å². The zero-order chi connectivity index (χ0) is 22.3. The van der Waals surface area contributed by atoms with Gasteiger partial charge in [-0.2, -0.15) is 0 Å². The van der Waals surface area contributed by atoms with Crippen LogP contribution in [0, 0.1) is 0 Å². The van der Waals surface area contributed by atoms with Gasteiger partial charge in [0.1, 0.15) is 16.3 Å². The number of hydrogen-bond acceptors (Lipinski definition) is 5. The molecule has 0 aliphatic rings. The van der Waals surface area contributed by atoms with Gasteiger partial charge in [0.25, 0.3) is 0 Å². The standard InChI is InChI=1S/C26H21BrN2O2S/c1-2-31-26(30)23-22(19-9-5-3-6-10-19)24(20-11-7-4-8-12-20)28-29-25(23)32-17-18-13-15-21(27)16-14-18/h3-16H,2,17H2,1H3. The van der Waals surface area contributed by atoms with Gasteiger partial charge < -0.3 is 4.74 Å². The molecule has 160 valence electrons. The lowest BCUT2D eigenvalue weighted by atomic mass is 9.96. The fourth-order valence-electron chi connectivity index (χ4n) is 3.33. The highest BCUT2D eigenvalue weighted by atomic mass is 79.9. The number of esters is 1. The van der Waals surface area contributed by atoms with E-state index >= 15 is 0 Å². The Morgan fingerprint density at radius 2 is 1.50 bits per heavy atom. The molecule has 0 amide bonds. The maximum Gasteiger partial charge on any atom is 0.341 e. The number of aromatic nitrogens is 2. The van der Waals surface area contributed by atoms with E-state index in [4.69, 9.17) is 4.74 Å². The Morgan fingerprint density at radius 1 is 0.875 bits per heavy atom. The number of carbonyl (C=O) groups excluding carboxylic acids is 1. The number of ether oxygens (including phenoxy) is 1. The minimum Gasteiger partial charge on any atom is -0.462 e. The number of halogens is 1. The quantitative estimate of drug-likeness (QED) is 0.199. The summed E-state index contributed by atoms with van der Waals surface area (Å²) in [5, 5.41) is 9.61. The summed E-state index contributed by atoms with van der Waals surface area (Å²) in [5.41, 5.74) is 4.78. The van der Waals surface area contributed by atoms with Crippen molar-refractivity contribution in [3.8, 4) is 22.4 Å². The minimum atomic E-state index is -0.392. The third kappa shape index (κ3) is 5.09. The summed E-state index contributed by atoms with van der Waals surface area (Å²) in [6.07, 6.45) is 0. The van der Waals surface area contributed by atoms with E-state index in [-0.39, 0.29) is 6.61 Å². The van der Waals surface area contributed by atoms with E-state index in [1.807, 2.05) is 91.9 Å².